The summed E-state index contributed by atoms with van der Waals surface area (Å²) in [5.41, 5.74) is 8.25. The molecule has 0 heterocycles. The van der Waals surface area contributed by atoms with Gasteiger partial charge in [0.2, 0.25) is 0 Å². The lowest BCUT2D eigenvalue weighted by molar-refractivity contribution is 0.0682. The van der Waals surface area contributed by atoms with Crippen molar-refractivity contribution in [2.75, 3.05) is 13.2 Å². The van der Waals surface area contributed by atoms with Gasteiger partial charge in [-0.05, 0) is 24.5 Å². The fourth-order valence-corrected chi connectivity index (χ4v) is 1.66. The molecule has 0 amide bonds. The normalized spacial score (nSPS) is 12.8. The Balaban J connectivity index is 2.90. The fourth-order valence-electron chi connectivity index (χ4n) is 1.66. The van der Waals surface area contributed by atoms with Crippen LogP contribution in [0.3, 0.4) is 0 Å². The van der Waals surface area contributed by atoms with E-state index < -0.39 is 0 Å². The quantitative estimate of drug-likeness (QED) is 0.778. The molecule has 0 aliphatic carbocycles. The van der Waals surface area contributed by atoms with Gasteiger partial charge in [-0.2, -0.15) is 0 Å². The van der Waals surface area contributed by atoms with Crippen molar-refractivity contribution in [1.82, 2.24) is 0 Å². The molecular weight excluding hydrogens is 174 g/mol. The molecule has 1 unspecified atom stereocenters. The number of ether oxygens (including phenoxy) is 1. The van der Waals surface area contributed by atoms with E-state index in [0.29, 0.717) is 13.2 Å². The molecule has 0 spiro atoms. The Labute approximate surface area is 86.1 Å². The van der Waals surface area contributed by atoms with Crippen LogP contribution in [0.4, 0.5) is 0 Å². The predicted molar refractivity (Wildman–Crippen MR) is 59.2 cm³/mol. The van der Waals surface area contributed by atoms with Crippen molar-refractivity contribution in [3.63, 3.8) is 0 Å². The van der Waals surface area contributed by atoms with Gasteiger partial charge < -0.3 is 10.5 Å². The average molecular weight is 193 g/mol. The van der Waals surface area contributed by atoms with Crippen LogP contribution < -0.4 is 5.73 Å². The summed E-state index contributed by atoms with van der Waals surface area (Å²) in [5, 5.41) is 0. The highest BCUT2D eigenvalue weighted by molar-refractivity contribution is 5.29. The summed E-state index contributed by atoms with van der Waals surface area (Å²) in [7, 11) is 0. The second kappa shape index (κ2) is 5.78. The van der Waals surface area contributed by atoms with E-state index in [0.717, 1.165) is 6.42 Å². The van der Waals surface area contributed by atoms with Crippen molar-refractivity contribution in [3.8, 4) is 0 Å². The first-order valence-electron chi connectivity index (χ1n) is 5.22. The van der Waals surface area contributed by atoms with Crippen LogP contribution in [0, 0.1) is 0 Å². The molecule has 2 heteroatoms. The minimum atomic E-state index is 0.0520. The van der Waals surface area contributed by atoms with E-state index in [9.17, 15) is 0 Å². The van der Waals surface area contributed by atoms with Crippen LogP contribution in [0.5, 0.6) is 0 Å². The third-order valence-electron chi connectivity index (χ3n) is 2.36. The molecule has 0 fully saturated rings. The maximum atomic E-state index is 5.69. The van der Waals surface area contributed by atoms with Crippen LogP contribution in [0.25, 0.3) is 0 Å². The van der Waals surface area contributed by atoms with Gasteiger partial charge in [0.25, 0.3) is 0 Å². The Hall–Kier alpha value is -0.860. The van der Waals surface area contributed by atoms with Crippen LogP contribution in [0.1, 0.15) is 31.1 Å². The first-order valence-corrected chi connectivity index (χ1v) is 5.22. The Bertz CT molecular complexity index is 273. The average Bonchev–Trinajstić information content (AvgIpc) is 2.26. The van der Waals surface area contributed by atoms with Crippen LogP contribution in [0.15, 0.2) is 24.3 Å². The molecule has 14 heavy (non-hydrogen) atoms. The van der Waals surface area contributed by atoms with Crippen LogP contribution >= 0.6 is 0 Å². The summed E-state index contributed by atoms with van der Waals surface area (Å²) in [6, 6.07) is 8.33. The molecule has 0 aromatic heterocycles. The summed E-state index contributed by atoms with van der Waals surface area (Å²) >= 11 is 0. The molecule has 0 bridgehead atoms. The summed E-state index contributed by atoms with van der Waals surface area (Å²) in [4.78, 5) is 0. The van der Waals surface area contributed by atoms with Gasteiger partial charge in [-0.15, -0.1) is 0 Å². The van der Waals surface area contributed by atoms with Crippen LogP contribution in [-0.4, -0.2) is 13.2 Å². The lowest BCUT2D eigenvalue weighted by Crippen LogP contribution is -2.17. The maximum absolute atomic E-state index is 5.69. The van der Waals surface area contributed by atoms with E-state index in [1.165, 1.54) is 11.1 Å². The van der Waals surface area contributed by atoms with Crippen LogP contribution in [-0.2, 0) is 11.2 Å². The molecule has 1 rings (SSSR count). The smallest absolute Gasteiger partial charge is 0.0949 e. The highest BCUT2D eigenvalue weighted by Crippen LogP contribution is 2.20. The molecule has 1 aromatic rings. The second-order valence-corrected chi connectivity index (χ2v) is 3.23. The Morgan fingerprint density at radius 3 is 2.57 bits per heavy atom. The van der Waals surface area contributed by atoms with E-state index in [1.807, 2.05) is 13.0 Å². The van der Waals surface area contributed by atoms with Gasteiger partial charge in [0.15, 0.2) is 0 Å². The molecule has 2 N–H and O–H groups in total. The molecule has 0 aliphatic heterocycles. The lowest BCUT2D eigenvalue weighted by atomic mass is 10.0. The molecule has 0 saturated carbocycles. The summed E-state index contributed by atoms with van der Waals surface area (Å²) < 4.78 is 5.59. The van der Waals surface area contributed by atoms with Crippen molar-refractivity contribution in [1.29, 1.82) is 0 Å². The van der Waals surface area contributed by atoms with Gasteiger partial charge in [-0.1, -0.05) is 31.2 Å². The van der Waals surface area contributed by atoms with Gasteiger partial charge in [0.05, 0.1) is 6.10 Å². The van der Waals surface area contributed by atoms with Crippen molar-refractivity contribution in [3.05, 3.63) is 35.4 Å². The maximum Gasteiger partial charge on any atom is 0.0949 e. The number of aryl methyl sites for hydroxylation is 1. The zero-order valence-electron chi connectivity index (χ0n) is 8.99. The zero-order valence-corrected chi connectivity index (χ0v) is 8.99. The predicted octanol–water partition coefficient (Wildman–Crippen LogP) is 2.29. The number of hydrogen-bond donors (Lipinski definition) is 1. The van der Waals surface area contributed by atoms with Crippen molar-refractivity contribution in [2.24, 2.45) is 5.73 Å². The first-order chi connectivity index (χ1) is 6.83. The van der Waals surface area contributed by atoms with Crippen molar-refractivity contribution >= 4 is 0 Å². The van der Waals surface area contributed by atoms with Crippen molar-refractivity contribution < 1.29 is 4.74 Å². The Morgan fingerprint density at radius 2 is 2.00 bits per heavy atom. The monoisotopic (exact) mass is 193 g/mol. The Kier molecular flexibility index (Phi) is 4.63. The van der Waals surface area contributed by atoms with E-state index in [4.69, 9.17) is 10.5 Å². The number of rotatable bonds is 5. The molecule has 2 nitrogen and oxygen atoms in total. The summed E-state index contributed by atoms with van der Waals surface area (Å²) in [6.07, 6.45) is 1.08. The largest absolute Gasteiger partial charge is 0.372 e. The molecule has 0 radical (unpaired) electrons. The minimum Gasteiger partial charge on any atom is -0.372 e. The van der Waals surface area contributed by atoms with Gasteiger partial charge in [0.1, 0.15) is 0 Å². The van der Waals surface area contributed by atoms with Gasteiger partial charge in [-0.25, -0.2) is 0 Å². The fraction of sp³-hybridized carbons (Fsp3) is 0.500. The highest BCUT2D eigenvalue weighted by Gasteiger charge is 2.11. The third kappa shape index (κ3) is 2.56. The number of benzene rings is 1. The van der Waals surface area contributed by atoms with Gasteiger partial charge in [-0.3, -0.25) is 0 Å². The zero-order chi connectivity index (χ0) is 10.4. The SMILES string of the molecule is CCOC(CN)c1ccccc1CC. The van der Waals surface area contributed by atoms with E-state index in [1.54, 1.807) is 0 Å². The van der Waals surface area contributed by atoms with E-state index in [-0.39, 0.29) is 6.10 Å². The third-order valence-corrected chi connectivity index (χ3v) is 2.36. The van der Waals surface area contributed by atoms with Crippen LogP contribution in [0.2, 0.25) is 0 Å². The molecular formula is C12H19NO. The van der Waals surface area contributed by atoms with Gasteiger partial charge >= 0.3 is 0 Å². The summed E-state index contributed by atoms with van der Waals surface area (Å²) in [6.45, 7) is 5.40. The standard InChI is InChI=1S/C12H19NO/c1-3-10-7-5-6-8-11(10)12(9-13)14-4-2/h5-8,12H,3-4,9,13H2,1-2H3. The molecule has 78 valence electrons. The minimum absolute atomic E-state index is 0.0520. The van der Waals surface area contributed by atoms with Gasteiger partial charge in [0, 0.05) is 13.2 Å². The lowest BCUT2D eigenvalue weighted by Gasteiger charge is -2.18. The molecule has 1 aromatic carbocycles. The van der Waals surface area contributed by atoms with E-state index >= 15 is 0 Å². The Morgan fingerprint density at radius 1 is 1.29 bits per heavy atom. The first kappa shape index (κ1) is 11.2. The van der Waals surface area contributed by atoms with E-state index in [2.05, 4.69) is 25.1 Å². The highest BCUT2D eigenvalue weighted by atomic mass is 16.5. The second-order valence-electron chi connectivity index (χ2n) is 3.23. The molecule has 1 atom stereocenters. The summed E-state index contributed by atoms with van der Waals surface area (Å²) in [5.74, 6) is 0. The molecule has 0 saturated heterocycles. The number of nitrogens with two attached hydrogens (primary N) is 1. The topological polar surface area (TPSA) is 35.2 Å². The molecule has 0 aliphatic rings. The van der Waals surface area contributed by atoms with Crippen molar-refractivity contribution in [2.45, 2.75) is 26.4 Å². The number of hydrogen-bond acceptors (Lipinski definition) is 2.